The molecule has 1 rings (SSSR count). The second-order valence-corrected chi connectivity index (χ2v) is 3.95. The highest BCUT2D eigenvalue weighted by Gasteiger charge is 2.16. The number of carbonyl (C=O) groups is 1. The number of ether oxygens (including phenoxy) is 1. The van der Waals surface area contributed by atoms with Crippen LogP contribution >= 0.6 is 27.5 Å². The molecule has 0 aliphatic heterocycles. The normalized spacial score (nSPS) is 10.0. The Bertz CT molecular complexity index is 363. The molecule has 0 saturated carbocycles. The van der Waals surface area contributed by atoms with E-state index < -0.39 is 0 Å². The summed E-state index contributed by atoms with van der Waals surface area (Å²) in [6.07, 6.45) is 0. The molecule has 0 aliphatic carbocycles. The lowest BCUT2D eigenvalue weighted by Crippen LogP contribution is -2.06. The largest absolute Gasteiger partial charge is 0.495 e. The van der Waals surface area contributed by atoms with Crippen molar-refractivity contribution in [2.75, 3.05) is 13.0 Å². The van der Waals surface area contributed by atoms with Crippen molar-refractivity contribution in [2.45, 2.75) is 6.92 Å². The van der Waals surface area contributed by atoms with Crippen molar-refractivity contribution in [1.82, 2.24) is 0 Å². The number of hydrogen-bond donors (Lipinski definition) is 0. The second-order valence-electron chi connectivity index (χ2n) is 2.83. The van der Waals surface area contributed by atoms with Crippen LogP contribution in [-0.4, -0.2) is 18.8 Å². The molecular weight excluding hydrogens is 267 g/mol. The SMILES string of the molecule is COc1c(Br)ccc(C)c1C(=O)CCl. The molecule has 1 aromatic rings. The van der Waals surface area contributed by atoms with E-state index in [0.29, 0.717) is 11.3 Å². The first-order chi connectivity index (χ1) is 6.61. The van der Waals surface area contributed by atoms with Crippen LogP contribution in [0.15, 0.2) is 16.6 Å². The van der Waals surface area contributed by atoms with Crippen LogP contribution in [0, 0.1) is 6.92 Å². The average molecular weight is 278 g/mol. The van der Waals surface area contributed by atoms with Crippen LogP contribution < -0.4 is 4.74 Å². The summed E-state index contributed by atoms with van der Waals surface area (Å²) in [4.78, 5) is 11.5. The molecule has 0 amide bonds. The van der Waals surface area contributed by atoms with Crippen LogP contribution in [0.4, 0.5) is 0 Å². The number of ketones is 1. The number of benzene rings is 1. The number of alkyl halides is 1. The number of hydrogen-bond acceptors (Lipinski definition) is 2. The number of halogens is 2. The third kappa shape index (κ3) is 2.10. The Labute approximate surface area is 96.3 Å². The topological polar surface area (TPSA) is 26.3 Å². The molecule has 0 unspecified atom stereocenters. The van der Waals surface area contributed by atoms with E-state index >= 15 is 0 Å². The van der Waals surface area contributed by atoms with Gasteiger partial charge in [0.15, 0.2) is 5.78 Å². The highest BCUT2D eigenvalue weighted by Crippen LogP contribution is 2.31. The van der Waals surface area contributed by atoms with Gasteiger partial charge < -0.3 is 4.74 Å². The third-order valence-electron chi connectivity index (χ3n) is 1.92. The quantitative estimate of drug-likeness (QED) is 0.626. The molecule has 0 aromatic heterocycles. The van der Waals surface area contributed by atoms with Crippen LogP contribution in [0.3, 0.4) is 0 Å². The van der Waals surface area contributed by atoms with E-state index in [4.69, 9.17) is 16.3 Å². The van der Waals surface area contributed by atoms with Gasteiger partial charge in [0.25, 0.3) is 0 Å². The van der Waals surface area contributed by atoms with Crippen molar-refractivity contribution in [3.8, 4) is 5.75 Å². The fourth-order valence-corrected chi connectivity index (χ4v) is 1.89. The Kier molecular flexibility index (Phi) is 3.96. The van der Waals surface area contributed by atoms with Gasteiger partial charge in [-0.1, -0.05) is 6.07 Å². The van der Waals surface area contributed by atoms with Gasteiger partial charge in [0.1, 0.15) is 5.75 Å². The monoisotopic (exact) mass is 276 g/mol. The average Bonchev–Trinajstić information content (AvgIpc) is 2.19. The van der Waals surface area contributed by atoms with E-state index in [9.17, 15) is 4.79 Å². The van der Waals surface area contributed by atoms with Crippen molar-refractivity contribution in [2.24, 2.45) is 0 Å². The van der Waals surface area contributed by atoms with Gasteiger partial charge in [-0.3, -0.25) is 4.79 Å². The molecule has 4 heteroatoms. The zero-order chi connectivity index (χ0) is 10.7. The summed E-state index contributed by atoms with van der Waals surface area (Å²) < 4.78 is 5.92. The minimum Gasteiger partial charge on any atom is -0.495 e. The maximum Gasteiger partial charge on any atom is 0.181 e. The van der Waals surface area contributed by atoms with Crippen LogP contribution in [0.25, 0.3) is 0 Å². The maximum atomic E-state index is 11.5. The molecule has 14 heavy (non-hydrogen) atoms. The lowest BCUT2D eigenvalue weighted by molar-refractivity contribution is 0.101. The molecular formula is C10H10BrClO2. The summed E-state index contributed by atoms with van der Waals surface area (Å²) in [7, 11) is 1.53. The summed E-state index contributed by atoms with van der Waals surface area (Å²) >= 11 is 8.84. The van der Waals surface area contributed by atoms with Gasteiger partial charge in [0.05, 0.1) is 23.0 Å². The van der Waals surface area contributed by atoms with Crippen molar-refractivity contribution in [3.63, 3.8) is 0 Å². The fraction of sp³-hybridized carbons (Fsp3) is 0.300. The van der Waals surface area contributed by atoms with Crippen LogP contribution in [-0.2, 0) is 0 Å². The van der Waals surface area contributed by atoms with Gasteiger partial charge in [-0.25, -0.2) is 0 Å². The standard InChI is InChI=1S/C10H10BrClO2/c1-6-3-4-7(11)10(14-2)9(6)8(13)5-12/h3-4H,5H2,1-2H3. The highest BCUT2D eigenvalue weighted by molar-refractivity contribution is 9.10. The lowest BCUT2D eigenvalue weighted by atomic mass is 10.0. The summed E-state index contributed by atoms with van der Waals surface area (Å²) in [5.74, 6) is 0.395. The molecule has 0 fully saturated rings. The molecule has 0 atom stereocenters. The fourth-order valence-electron chi connectivity index (χ4n) is 1.27. The first kappa shape index (κ1) is 11.5. The molecule has 0 bridgehead atoms. The van der Waals surface area contributed by atoms with Crippen LogP contribution in [0.2, 0.25) is 0 Å². The smallest absolute Gasteiger partial charge is 0.181 e. The summed E-state index contributed by atoms with van der Waals surface area (Å²) in [5, 5.41) is 0. The van der Waals surface area contributed by atoms with E-state index in [1.807, 2.05) is 19.1 Å². The predicted octanol–water partition coefficient (Wildman–Crippen LogP) is 3.19. The second kappa shape index (κ2) is 4.80. The molecule has 0 aliphatic rings. The number of rotatable bonds is 3. The maximum absolute atomic E-state index is 11.5. The summed E-state index contributed by atoms with van der Waals surface area (Å²) in [5.41, 5.74) is 1.42. The Balaban J connectivity index is 3.37. The minimum absolute atomic E-state index is 0.0341. The van der Waals surface area contributed by atoms with E-state index in [0.717, 1.165) is 10.0 Å². The van der Waals surface area contributed by atoms with Crippen molar-refractivity contribution in [1.29, 1.82) is 0 Å². The van der Waals surface area contributed by atoms with Crippen LogP contribution in [0.1, 0.15) is 15.9 Å². The Morgan fingerprint density at radius 3 is 2.71 bits per heavy atom. The first-order valence-corrected chi connectivity index (χ1v) is 5.36. The van der Waals surface area contributed by atoms with Gasteiger partial charge in [-0.15, -0.1) is 11.6 Å². The molecule has 2 nitrogen and oxygen atoms in total. The van der Waals surface area contributed by atoms with Crippen molar-refractivity contribution >= 4 is 33.3 Å². The third-order valence-corrected chi connectivity index (χ3v) is 2.79. The first-order valence-electron chi connectivity index (χ1n) is 4.04. The molecule has 0 saturated heterocycles. The molecule has 0 heterocycles. The van der Waals surface area contributed by atoms with E-state index in [1.165, 1.54) is 7.11 Å². The summed E-state index contributed by atoms with van der Waals surface area (Å²) in [6.45, 7) is 1.86. The van der Waals surface area contributed by atoms with Gasteiger partial charge in [-0.05, 0) is 34.5 Å². The van der Waals surface area contributed by atoms with Gasteiger partial charge >= 0.3 is 0 Å². The van der Waals surface area contributed by atoms with E-state index in [1.54, 1.807) is 0 Å². The minimum atomic E-state index is -0.123. The Morgan fingerprint density at radius 2 is 2.21 bits per heavy atom. The summed E-state index contributed by atoms with van der Waals surface area (Å²) in [6, 6.07) is 3.70. The van der Waals surface area contributed by atoms with Gasteiger partial charge in [0, 0.05) is 0 Å². The lowest BCUT2D eigenvalue weighted by Gasteiger charge is -2.11. The molecule has 0 spiro atoms. The number of Topliss-reactive ketones (excluding diaryl/α,β-unsaturated/α-hetero) is 1. The van der Waals surface area contributed by atoms with E-state index in [2.05, 4.69) is 15.9 Å². The molecule has 0 N–H and O–H groups in total. The number of methoxy groups -OCH3 is 1. The molecule has 1 aromatic carbocycles. The predicted molar refractivity (Wildman–Crippen MR) is 60.5 cm³/mol. The Morgan fingerprint density at radius 1 is 1.57 bits per heavy atom. The van der Waals surface area contributed by atoms with Crippen molar-refractivity contribution in [3.05, 3.63) is 27.7 Å². The number of carbonyl (C=O) groups excluding carboxylic acids is 1. The zero-order valence-corrected chi connectivity index (χ0v) is 10.3. The zero-order valence-electron chi connectivity index (χ0n) is 7.93. The number of aryl methyl sites for hydroxylation is 1. The van der Waals surface area contributed by atoms with E-state index in [-0.39, 0.29) is 11.7 Å². The van der Waals surface area contributed by atoms with Gasteiger partial charge in [-0.2, -0.15) is 0 Å². The van der Waals surface area contributed by atoms with Crippen molar-refractivity contribution < 1.29 is 9.53 Å². The van der Waals surface area contributed by atoms with Gasteiger partial charge in [0.2, 0.25) is 0 Å². The Hall–Kier alpha value is -0.540. The highest BCUT2D eigenvalue weighted by atomic mass is 79.9. The molecule has 0 radical (unpaired) electrons. The molecule has 76 valence electrons. The van der Waals surface area contributed by atoms with Crippen LogP contribution in [0.5, 0.6) is 5.75 Å².